The number of carbonyl (C=O) groups is 1. The number of rotatable bonds is 6. The Morgan fingerprint density at radius 1 is 1.14 bits per heavy atom. The highest BCUT2D eigenvalue weighted by Gasteiger charge is 2.08. The normalized spacial score (nSPS) is 11.9. The summed E-state index contributed by atoms with van der Waals surface area (Å²) in [6, 6.07) is 14.6. The number of benzene rings is 2. The number of carboxylic acid groups (broad SMARTS) is 1. The van der Waals surface area contributed by atoms with Crippen LogP contribution in [0.1, 0.15) is 11.1 Å². The van der Waals surface area contributed by atoms with E-state index < -0.39 is 16.8 Å². The molecule has 2 aromatic carbocycles. The largest absolute Gasteiger partial charge is 0.489 e. The van der Waals surface area contributed by atoms with Crippen molar-refractivity contribution in [2.24, 2.45) is 0 Å². The maximum absolute atomic E-state index is 11.7. The molecule has 1 atom stereocenters. The second-order valence-electron chi connectivity index (χ2n) is 4.57. The predicted octanol–water partition coefficient (Wildman–Crippen LogP) is 2.77. The van der Waals surface area contributed by atoms with Crippen molar-refractivity contribution >= 4 is 16.8 Å². The van der Waals surface area contributed by atoms with Crippen LogP contribution in [0.4, 0.5) is 0 Å². The minimum Gasteiger partial charge on any atom is -0.489 e. The SMILES string of the molecule is Cc1ccccc1COc1ccc(S(=O)CC(=O)O)cc1. The van der Waals surface area contributed by atoms with Gasteiger partial charge in [0.25, 0.3) is 0 Å². The van der Waals surface area contributed by atoms with Gasteiger partial charge in [0.1, 0.15) is 18.1 Å². The Balaban J connectivity index is 1.98. The van der Waals surface area contributed by atoms with E-state index in [9.17, 15) is 9.00 Å². The van der Waals surface area contributed by atoms with Crippen molar-refractivity contribution in [1.29, 1.82) is 0 Å². The summed E-state index contributed by atoms with van der Waals surface area (Å²) in [6.45, 7) is 2.49. The van der Waals surface area contributed by atoms with E-state index >= 15 is 0 Å². The lowest BCUT2D eigenvalue weighted by atomic mass is 10.1. The Morgan fingerprint density at radius 2 is 1.81 bits per heavy atom. The lowest BCUT2D eigenvalue weighted by Gasteiger charge is -2.09. The van der Waals surface area contributed by atoms with Gasteiger partial charge in [0.05, 0.1) is 10.8 Å². The van der Waals surface area contributed by atoms with Gasteiger partial charge in [-0.05, 0) is 42.3 Å². The summed E-state index contributed by atoms with van der Waals surface area (Å²) in [7, 11) is -1.52. The molecule has 0 heterocycles. The average Bonchev–Trinajstić information content (AvgIpc) is 2.46. The third kappa shape index (κ3) is 4.43. The van der Waals surface area contributed by atoms with E-state index in [0.717, 1.165) is 11.1 Å². The fourth-order valence-electron chi connectivity index (χ4n) is 1.82. The van der Waals surface area contributed by atoms with E-state index in [1.807, 2.05) is 31.2 Å². The van der Waals surface area contributed by atoms with Gasteiger partial charge in [-0.3, -0.25) is 9.00 Å². The van der Waals surface area contributed by atoms with Crippen LogP contribution in [0.3, 0.4) is 0 Å². The molecule has 0 aliphatic heterocycles. The van der Waals surface area contributed by atoms with Crippen LogP contribution in [0.5, 0.6) is 5.75 Å². The van der Waals surface area contributed by atoms with E-state index in [2.05, 4.69) is 0 Å². The molecule has 0 aromatic heterocycles. The van der Waals surface area contributed by atoms with Gasteiger partial charge in [-0.2, -0.15) is 0 Å². The molecule has 0 bridgehead atoms. The third-order valence-electron chi connectivity index (χ3n) is 3.00. The first-order valence-corrected chi connectivity index (χ1v) is 7.75. The number of carboxylic acids is 1. The molecule has 0 aliphatic carbocycles. The Morgan fingerprint density at radius 3 is 2.43 bits per heavy atom. The van der Waals surface area contributed by atoms with E-state index in [0.29, 0.717) is 17.3 Å². The molecule has 0 saturated heterocycles. The van der Waals surface area contributed by atoms with Crippen molar-refractivity contribution in [2.45, 2.75) is 18.4 Å². The number of aryl methyl sites for hydroxylation is 1. The van der Waals surface area contributed by atoms with Gasteiger partial charge in [0, 0.05) is 4.90 Å². The van der Waals surface area contributed by atoms with Gasteiger partial charge in [-0.1, -0.05) is 24.3 Å². The zero-order chi connectivity index (χ0) is 15.2. The van der Waals surface area contributed by atoms with Crippen LogP contribution < -0.4 is 4.74 Å². The van der Waals surface area contributed by atoms with Gasteiger partial charge in [-0.25, -0.2) is 0 Å². The second kappa shape index (κ2) is 7.04. The van der Waals surface area contributed by atoms with Gasteiger partial charge in [0.2, 0.25) is 0 Å². The zero-order valence-corrected chi connectivity index (χ0v) is 12.4. The highest BCUT2D eigenvalue weighted by Crippen LogP contribution is 2.17. The van der Waals surface area contributed by atoms with Gasteiger partial charge >= 0.3 is 5.97 Å². The summed E-state index contributed by atoms with van der Waals surface area (Å²) in [5.74, 6) is -0.800. The fraction of sp³-hybridized carbons (Fsp3) is 0.188. The zero-order valence-electron chi connectivity index (χ0n) is 11.6. The predicted molar refractivity (Wildman–Crippen MR) is 80.9 cm³/mol. The topological polar surface area (TPSA) is 63.6 Å². The third-order valence-corrected chi connectivity index (χ3v) is 4.30. The number of aliphatic carboxylic acids is 1. The molecule has 4 nitrogen and oxygen atoms in total. The quantitative estimate of drug-likeness (QED) is 0.891. The summed E-state index contributed by atoms with van der Waals surface area (Å²) >= 11 is 0. The molecular formula is C16H16O4S. The molecule has 2 rings (SSSR count). The molecule has 0 saturated carbocycles. The smallest absolute Gasteiger partial charge is 0.316 e. The van der Waals surface area contributed by atoms with Crippen molar-refractivity contribution in [3.63, 3.8) is 0 Å². The number of hydrogen-bond donors (Lipinski definition) is 1. The molecule has 0 amide bonds. The average molecular weight is 304 g/mol. The van der Waals surface area contributed by atoms with Crippen LogP contribution >= 0.6 is 0 Å². The molecule has 2 aromatic rings. The lowest BCUT2D eigenvalue weighted by Crippen LogP contribution is -2.09. The number of hydrogen-bond acceptors (Lipinski definition) is 3. The van der Waals surface area contributed by atoms with Crippen LogP contribution in [0, 0.1) is 6.92 Å². The Kier molecular flexibility index (Phi) is 5.11. The molecule has 5 heteroatoms. The maximum atomic E-state index is 11.7. The molecule has 110 valence electrons. The first kappa shape index (κ1) is 15.3. The Hall–Kier alpha value is -2.14. The molecule has 0 aliphatic rings. The standard InChI is InChI=1S/C16H16O4S/c1-12-4-2-3-5-13(12)10-20-14-6-8-15(9-7-14)21(19)11-16(17)18/h2-9H,10-11H2,1H3,(H,17,18). The summed E-state index contributed by atoms with van der Waals surface area (Å²) in [4.78, 5) is 11.0. The van der Waals surface area contributed by atoms with E-state index in [1.54, 1.807) is 24.3 Å². The minimum atomic E-state index is -1.52. The van der Waals surface area contributed by atoms with Crippen LogP contribution in [0.15, 0.2) is 53.4 Å². The minimum absolute atomic E-state index is 0.386. The fourth-order valence-corrected chi connectivity index (χ4v) is 2.65. The summed E-state index contributed by atoms with van der Waals surface area (Å²) < 4.78 is 17.4. The molecule has 1 N–H and O–H groups in total. The summed E-state index contributed by atoms with van der Waals surface area (Å²) in [6.07, 6.45) is 0. The van der Waals surface area contributed by atoms with Crippen molar-refractivity contribution in [1.82, 2.24) is 0 Å². The maximum Gasteiger partial charge on any atom is 0.316 e. The summed E-state index contributed by atoms with van der Waals surface area (Å²) in [5, 5.41) is 8.62. The van der Waals surface area contributed by atoms with Crippen molar-refractivity contribution < 1.29 is 18.8 Å². The van der Waals surface area contributed by atoms with Crippen molar-refractivity contribution in [3.8, 4) is 5.75 Å². The van der Waals surface area contributed by atoms with E-state index in [4.69, 9.17) is 9.84 Å². The first-order valence-electron chi connectivity index (χ1n) is 6.44. The number of ether oxygens (including phenoxy) is 1. The second-order valence-corrected chi connectivity index (χ2v) is 6.02. The molecule has 21 heavy (non-hydrogen) atoms. The van der Waals surface area contributed by atoms with Crippen LogP contribution in [-0.4, -0.2) is 21.0 Å². The monoisotopic (exact) mass is 304 g/mol. The molecule has 0 fully saturated rings. The summed E-state index contributed by atoms with van der Waals surface area (Å²) in [5.41, 5.74) is 2.27. The van der Waals surface area contributed by atoms with E-state index in [-0.39, 0.29) is 5.75 Å². The van der Waals surface area contributed by atoms with Crippen molar-refractivity contribution in [2.75, 3.05) is 5.75 Å². The molecule has 0 radical (unpaired) electrons. The van der Waals surface area contributed by atoms with Gasteiger partial charge < -0.3 is 9.84 Å². The Bertz CT molecular complexity index is 650. The molecule has 0 spiro atoms. The molecular weight excluding hydrogens is 288 g/mol. The molecule has 1 unspecified atom stereocenters. The van der Waals surface area contributed by atoms with Gasteiger partial charge in [0.15, 0.2) is 0 Å². The first-order chi connectivity index (χ1) is 10.1. The van der Waals surface area contributed by atoms with Crippen molar-refractivity contribution in [3.05, 3.63) is 59.7 Å². The van der Waals surface area contributed by atoms with Crippen LogP contribution in [0.2, 0.25) is 0 Å². The van der Waals surface area contributed by atoms with Gasteiger partial charge in [-0.15, -0.1) is 0 Å². The highest BCUT2D eigenvalue weighted by atomic mass is 32.2. The highest BCUT2D eigenvalue weighted by molar-refractivity contribution is 7.85. The Labute approximate surface area is 125 Å². The van der Waals surface area contributed by atoms with Crippen LogP contribution in [-0.2, 0) is 22.2 Å². The lowest BCUT2D eigenvalue weighted by molar-refractivity contribution is -0.133. The van der Waals surface area contributed by atoms with Crippen LogP contribution in [0.25, 0.3) is 0 Å². The van der Waals surface area contributed by atoms with E-state index in [1.165, 1.54) is 0 Å².